The SMILES string of the molecule is CS(=O)(=O)N1CC[C@H](C(=O)Nc2ccc(Oc3ccccc3)cc2)Oc2ccc(Cl)cc21. The highest BCUT2D eigenvalue weighted by molar-refractivity contribution is 7.92. The van der Waals surface area contributed by atoms with E-state index < -0.39 is 16.1 Å². The van der Waals surface area contributed by atoms with E-state index in [1.165, 1.54) is 10.4 Å². The molecule has 0 spiro atoms. The molecule has 166 valence electrons. The Balaban J connectivity index is 1.47. The largest absolute Gasteiger partial charge is 0.478 e. The second kappa shape index (κ2) is 9.10. The summed E-state index contributed by atoms with van der Waals surface area (Å²) in [5, 5.41) is 3.19. The van der Waals surface area contributed by atoms with E-state index in [9.17, 15) is 13.2 Å². The van der Waals surface area contributed by atoms with Crippen LogP contribution >= 0.6 is 11.6 Å². The van der Waals surface area contributed by atoms with Gasteiger partial charge in [0, 0.05) is 23.7 Å². The number of ether oxygens (including phenoxy) is 2. The summed E-state index contributed by atoms with van der Waals surface area (Å²) >= 11 is 6.05. The summed E-state index contributed by atoms with van der Waals surface area (Å²) in [5.74, 6) is 1.25. The topological polar surface area (TPSA) is 84.9 Å². The summed E-state index contributed by atoms with van der Waals surface area (Å²) in [6, 6.07) is 21.0. The Morgan fingerprint density at radius 2 is 1.75 bits per heavy atom. The monoisotopic (exact) mass is 472 g/mol. The molecule has 0 aliphatic carbocycles. The highest BCUT2D eigenvalue weighted by atomic mass is 35.5. The molecule has 0 saturated heterocycles. The smallest absolute Gasteiger partial charge is 0.265 e. The van der Waals surface area contributed by atoms with Crippen molar-refractivity contribution >= 4 is 38.9 Å². The number of sulfonamides is 1. The Hall–Kier alpha value is -3.23. The van der Waals surface area contributed by atoms with Crippen molar-refractivity contribution in [1.82, 2.24) is 0 Å². The Morgan fingerprint density at radius 3 is 2.44 bits per heavy atom. The van der Waals surface area contributed by atoms with Gasteiger partial charge in [0.2, 0.25) is 10.0 Å². The fourth-order valence-corrected chi connectivity index (χ4v) is 4.44. The summed E-state index contributed by atoms with van der Waals surface area (Å²) in [6.45, 7) is 0.0914. The molecule has 1 aliphatic rings. The number of hydrogen-bond acceptors (Lipinski definition) is 5. The second-order valence-electron chi connectivity index (χ2n) is 7.27. The zero-order valence-corrected chi connectivity index (χ0v) is 18.8. The molecule has 1 atom stereocenters. The average Bonchev–Trinajstić information content (AvgIpc) is 2.95. The molecule has 0 unspecified atom stereocenters. The Kier molecular flexibility index (Phi) is 6.25. The molecule has 0 bridgehead atoms. The van der Waals surface area contributed by atoms with Crippen molar-refractivity contribution in [2.75, 3.05) is 22.4 Å². The number of amides is 1. The van der Waals surface area contributed by atoms with Crippen LogP contribution in [0.25, 0.3) is 0 Å². The number of nitrogens with zero attached hydrogens (tertiary/aromatic N) is 1. The molecule has 3 aromatic carbocycles. The molecule has 1 aliphatic heterocycles. The van der Waals surface area contributed by atoms with Gasteiger partial charge in [-0.3, -0.25) is 9.10 Å². The molecule has 3 aromatic rings. The van der Waals surface area contributed by atoms with Crippen molar-refractivity contribution in [1.29, 1.82) is 0 Å². The minimum Gasteiger partial charge on any atom is -0.478 e. The maximum atomic E-state index is 12.9. The first kappa shape index (κ1) is 22.0. The van der Waals surface area contributed by atoms with Gasteiger partial charge in [-0.2, -0.15) is 0 Å². The Labute approximate surface area is 191 Å². The van der Waals surface area contributed by atoms with E-state index >= 15 is 0 Å². The third kappa shape index (κ3) is 5.15. The van der Waals surface area contributed by atoms with Gasteiger partial charge in [0.05, 0.1) is 11.9 Å². The summed E-state index contributed by atoms with van der Waals surface area (Å²) < 4.78 is 37.3. The number of rotatable bonds is 5. The first-order valence-electron chi connectivity index (χ1n) is 9.87. The molecule has 0 saturated carbocycles. The van der Waals surface area contributed by atoms with E-state index in [1.807, 2.05) is 30.3 Å². The molecule has 1 amide bonds. The molecular weight excluding hydrogens is 452 g/mol. The van der Waals surface area contributed by atoms with Crippen LogP contribution in [0.4, 0.5) is 11.4 Å². The highest BCUT2D eigenvalue weighted by Gasteiger charge is 2.31. The minimum absolute atomic E-state index is 0.0914. The number of anilines is 2. The normalized spacial score (nSPS) is 15.8. The van der Waals surface area contributed by atoms with E-state index in [-0.39, 0.29) is 24.6 Å². The summed E-state index contributed by atoms with van der Waals surface area (Å²) in [7, 11) is -3.57. The molecular formula is C23H21ClN2O5S. The van der Waals surface area contributed by atoms with Crippen molar-refractivity contribution in [3.8, 4) is 17.2 Å². The predicted molar refractivity (Wildman–Crippen MR) is 124 cm³/mol. The van der Waals surface area contributed by atoms with E-state index in [1.54, 1.807) is 36.4 Å². The van der Waals surface area contributed by atoms with E-state index in [4.69, 9.17) is 21.1 Å². The van der Waals surface area contributed by atoms with Gasteiger partial charge < -0.3 is 14.8 Å². The zero-order chi connectivity index (χ0) is 22.7. The van der Waals surface area contributed by atoms with Crippen molar-refractivity contribution in [3.05, 3.63) is 77.8 Å². The van der Waals surface area contributed by atoms with Gasteiger partial charge >= 0.3 is 0 Å². The molecule has 0 aromatic heterocycles. The Bertz CT molecular complexity index is 1220. The van der Waals surface area contributed by atoms with Gasteiger partial charge in [-0.1, -0.05) is 29.8 Å². The van der Waals surface area contributed by atoms with Crippen LogP contribution in [0.3, 0.4) is 0 Å². The van der Waals surface area contributed by atoms with Crippen molar-refractivity contribution in [2.24, 2.45) is 0 Å². The van der Waals surface area contributed by atoms with Crippen LogP contribution < -0.4 is 19.1 Å². The van der Waals surface area contributed by atoms with Gasteiger partial charge in [-0.15, -0.1) is 0 Å². The van der Waals surface area contributed by atoms with Crippen molar-refractivity contribution in [3.63, 3.8) is 0 Å². The third-order valence-electron chi connectivity index (χ3n) is 4.85. The van der Waals surface area contributed by atoms with Gasteiger partial charge in [0.1, 0.15) is 17.2 Å². The number of fused-ring (bicyclic) bond motifs is 1. The van der Waals surface area contributed by atoms with Crippen LogP contribution in [0.15, 0.2) is 72.8 Å². The number of halogens is 1. The van der Waals surface area contributed by atoms with Crippen molar-refractivity contribution in [2.45, 2.75) is 12.5 Å². The van der Waals surface area contributed by atoms with E-state index in [0.717, 1.165) is 6.26 Å². The number of benzene rings is 3. The lowest BCUT2D eigenvalue weighted by molar-refractivity contribution is -0.122. The van der Waals surface area contributed by atoms with Crippen LogP contribution in [-0.2, 0) is 14.8 Å². The van der Waals surface area contributed by atoms with Crippen LogP contribution in [0.1, 0.15) is 6.42 Å². The van der Waals surface area contributed by atoms with Crippen LogP contribution in [0.2, 0.25) is 5.02 Å². The molecule has 7 nitrogen and oxygen atoms in total. The number of para-hydroxylation sites is 1. The van der Waals surface area contributed by atoms with Gasteiger partial charge in [-0.05, 0) is 54.6 Å². The standard InChI is InChI=1S/C23H21ClN2O5S/c1-32(28,29)26-14-13-22(31-21-12-7-16(24)15-20(21)26)23(27)25-17-8-10-19(11-9-17)30-18-5-3-2-4-6-18/h2-12,15,22H,13-14H2,1H3,(H,25,27)/t22-/m1/s1. The second-order valence-corrected chi connectivity index (χ2v) is 9.61. The Morgan fingerprint density at radius 1 is 1.06 bits per heavy atom. The third-order valence-corrected chi connectivity index (χ3v) is 6.26. The van der Waals surface area contributed by atoms with Crippen LogP contribution in [-0.4, -0.2) is 33.2 Å². The summed E-state index contributed by atoms with van der Waals surface area (Å²) in [5.41, 5.74) is 0.886. The predicted octanol–water partition coefficient (Wildman–Crippen LogP) is 4.69. The van der Waals surface area contributed by atoms with E-state index in [0.29, 0.717) is 27.9 Å². The lowest BCUT2D eigenvalue weighted by Gasteiger charge is -2.21. The minimum atomic E-state index is -3.57. The van der Waals surface area contributed by atoms with Gasteiger partial charge in [0.15, 0.2) is 6.10 Å². The highest BCUT2D eigenvalue weighted by Crippen LogP contribution is 2.36. The van der Waals surface area contributed by atoms with Gasteiger partial charge in [-0.25, -0.2) is 8.42 Å². The number of nitrogens with one attached hydrogen (secondary N) is 1. The average molecular weight is 473 g/mol. The first-order valence-corrected chi connectivity index (χ1v) is 12.1. The van der Waals surface area contributed by atoms with Crippen LogP contribution in [0.5, 0.6) is 17.2 Å². The quantitative estimate of drug-likeness (QED) is 0.582. The molecule has 1 N–H and O–H groups in total. The molecule has 0 radical (unpaired) electrons. The maximum absolute atomic E-state index is 12.9. The van der Waals surface area contributed by atoms with Crippen molar-refractivity contribution < 1.29 is 22.7 Å². The molecule has 32 heavy (non-hydrogen) atoms. The van der Waals surface area contributed by atoms with Gasteiger partial charge in [0.25, 0.3) is 5.91 Å². The fourth-order valence-electron chi connectivity index (χ4n) is 3.34. The number of carbonyl (C=O) groups excluding carboxylic acids is 1. The molecule has 4 rings (SSSR count). The lowest BCUT2D eigenvalue weighted by Crippen LogP contribution is -2.35. The van der Waals surface area contributed by atoms with Crippen LogP contribution in [0, 0.1) is 0 Å². The number of hydrogen-bond donors (Lipinski definition) is 1. The number of carbonyl (C=O) groups is 1. The lowest BCUT2D eigenvalue weighted by atomic mass is 10.2. The summed E-state index contributed by atoms with van der Waals surface area (Å²) in [4.78, 5) is 12.9. The zero-order valence-electron chi connectivity index (χ0n) is 17.2. The fraction of sp³-hybridized carbons (Fsp3) is 0.174. The molecule has 1 heterocycles. The molecule has 9 heteroatoms. The summed E-state index contributed by atoms with van der Waals surface area (Å²) in [6.07, 6.45) is 0.416. The van der Waals surface area contributed by atoms with E-state index in [2.05, 4.69) is 5.32 Å². The maximum Gasteiger partial charge on any atom is 0.265 e. The first-order chi connectivity index (χ1) is 15.3. The molecule has 0 fully saturated rings.